The van der Waals surface area contributed by atoms with E-state index in [1.807, 2.05) is 39.9 Å². The zero-order valence-electron chi connectivity index (χ0n) is 11.5. The van der Waals surface area contributed by atoms with E-state index < -0.39 is 0 Å². The first-order chi connectivity index (χ1) is 9.84. The van der Waals surface area contributed by atoms with E-state index in [2.05, 4.69) is 4.98 Å². The molecule has 0 radical (unpaired) electrons. The number of aromatic nitrogens is 2. The number of imidazole rings is 1. The summed E-state index contributed by atoms with van der Waals surface area (Å²) >= 11 is 0. The average Bonchev–Trinajstić information content (AvgIpc) is 2.89. The van der Waals surface area contributed by atoms with Gasteiger partial charge in [-0.2, -0.15) is 0 Å². The number of benzene rings is 1. The molecular weight excluding hydrogens is 250 g/mol. The van der Waals surface area contributed by atoms with Crippen molar-refractivity contribution < 1.29 is 4.79 Å². The molecule has 4 heteroatoms. The highest BCUT2D eigenvalue weighted by Gasteiger charge is 2.16. The quantitative estimate of drug-likeness (QED) is 0.840. The number of amides is 1. The third-order valence-electron chi connectivity index (χ3n) is 3.81. The van der Waals surface area contributed by atoms with Gasteiger partial charge in [0, 0.05) is 36.7 Å². The Kier molecular flexibility index (Phi) is 3.81. The Morgan fingerprint density at radius 3 is 2.30 bits per heavy atom. The molecule has 1 fully saturated rings. The number of carbonyl (C=O) groups is 1. The van der Waals surface area contributed by atoms with Crippen molar-refractivity contribution in [2.45, 2.75) is 25.7 Å². The van der Waals surface area contributed by atoms with Crippen LogP contribution in [0.5, 0.6) is 0 Å². The Bertz CT molecular complexity index is 552. The third kappa shape index (κ3) is 2.74. The van der Waals surface area contributed by atoms with Gasteiger partial charge in [0.05, 0.1) is 6.33 Å². The smallest absolute Gasteiger partial charge is 0.253 e. The molecule has 0 bridgehead atoms. The molecule has 2 aromatic rings. The number of rotatable bonds is 2. The molecule has 20 heavy (non-hydrogen) atoms. The second-order valence-corrected chi connectivity index (χ2v) is 5.22. The fraction of sp³-hybridized carbons (Fsp3) is 0.375. The molecule has 1 aromatic heterocycles. The van der Waals surface area contributed by atoms with Crippen molar-refractivity contribution in [1.29, 1.82) is 0 Å². The zero-order valence-corrected chi connectivity index (χ0v) is 11.5. The molecule has 1 aliphatic heterocycles. The van der Waals surface area contributed by atoms with Crippen molar-refractivity contribution >= 4 is 5.91 Å². The molecule has 1 aliphatic rings. The van der Waals surface area contributed by atoms with Crippen LogP contribution in [0, 0.1) is 0 Å². The van der Waals surface area contributed by atoms with Crippen LogP contribution in [0.4, 0.5) is 0 Å². The molecule has 2 heterocycles. The van der Waals surface area contributed by atoms with Crippen molar-refractivity contribution in [3.63, 3.8) is 0 Å². The monoisotopic (exact) mass is 269 g/mol. The highest BCUT2D eigenvalue weighted by Crippen LogP contribution is 2.15. The first kappa shape index (κ1) is 12.9. The number of carbonyl (C=O) groups excluding carboxylic acids is 1. The predicted octanol–water partition coefficient (Wildman–Crippen LogP) is 2.89. The topological polar surface area (TPSA) is 38.1 Å². The van der Waals surface area contributed by atoms with Crippen molar-refractivity contribution in [2.75, 3.05) is 13.1 Å². The molecular formula is C16H19N3O. The van der Waals surface area contributed by atoms with Gasteiger partial charge >= 0.3 is 0 Å². The molecule has 1 amide bonds. The summed E-state index contributed by atoms with van der Waals surface area (Å²) in [5.74, 6) is 0.157. The van der Waals surface area contributed by atoms with Crippen LogP contribution in [0.2, 0.25) is 0 Å². The third-order valence-corrected chi connectivity index (χ3v) is 3.81. The Morgan fingerprint density at radius 2 is 1.70 bits per heavy atom. The van der Waals surface area contributed by atoms with Crippen molar-refractivity contribution in [1.82, 2.24) is 14.5 Å². The predicted molar refractivity (Wildman–Crippen MR) is 77.9 cm³/mol. The Labute approximate surface area is 119 Å². The molecule has 0 unspecified atom stereocenters. The molecule has 0 aliphatic carbocycles. The van der Waals surface area contributed by atoms with E-state index in [1.165, 1.54) is 12.8 Å². The van der Waals surface area contributed by atoms with Gasteiger partial charge in [-0.15, -0.1) is 0 Å². The lowest BCUT2D eigenvalue weighted by Crippen LogP contribution is -2.31. The van der Waals surface area contributed by atoms with Gasteiger partial charge in [0.15, 0.2) is 0 Å². The van der Waals surface area contributed by atoms with Gasteiger partial charge in [0.1, 0.15) is 0 Å². The zero-order chi connectivity index (χ0) is 13.8. The van der Waals surface area contributed by atoms with Gasteiger partial charge in [-0.3, -0.25) is 4.79 Å². The van der Waals surface area contributed by atoms with Crippen LogP contribution < -0.4 is 0 Å². The largest absolute Gasteiger partial charge is 0.339 e. The molecule has 4 nitrogen and oxygen atoms in total. The van der Waals surface area contributed by atoms with Crippen molar-refractivity contribution in [3.05, 3.63) is 48.5 Å². The van der Waals surface area contributed by atoms with Crippen LogP contribution in [0.3, 0.4) is 0 Å². The summed E-state index contributed by atoms with van der Waals surface area (Å²) in [6.07, 6.45) is 10.1. The number of nitrogens with zero attached hydrogens (tertiary/aromatic N) is 3. The van der Waals surface area contributed by atoms with Gasteiger partial charge in [-0.1, -0.05) is 12.8 Å². The number of likely N-dealkylation sites (tertiary alicyclic amines) is 1. The van der Waals surface area contributed by atoms with Crippen LogP contribution >= 0.6 is 0 Å². The van der Waals surface area contributed by atoms with E-state index in [9.17, 15) is 4.79 Å². The fourth-order valence-corrected chi connectivity index (χ4v) is 2.64. The van der Waals surface area contributed by atoms with Crippen LogP contribution in [0.1, 0.15) is 36.0 Å². The standard InChI is InChI=1S/C16H19N3O/c20-16(18-10-3-1-2-4-11-18)14-5-7-15(8-6-14)19-12-9-17-13-19/h5-9,12-13H,1-4,10-11H2. The van der Waals surface area contributed by atoms with E-state index in [1.54, 1.807) is 12.5 Å². The maximum Gasteiger partial charge on any atom is 0.253 e. The van der Waals surface area contributed by atoms with E-state index in [0.29, 0.717) is 0 Å². The van der Waals surface area contributed by atoms with Gasteiger partial charge in [0.25, 0.3) is 5.91 Å². The summed E-state index contributed by atoms with van der Waals surface area (Å²) in [5, 5.41) is 0. The van der Waals surface area contributed by atoms with Gasteiger partial charge in [-0.05, 0) is 37.1 Å². The lowest BCUT2D eigenvalue weighted by atomic mass is 10.1. The maximum atomic E-state index is 12.5. The Hall–Kier alpha value is -2.10. The molecule has 1 aromatic carbocycles. The lowest BCUT2D eigenvalue weighted by Gasteiger charge is -2.20. The minimum atomic E-state index is 0.157. The molecule has 3 rings (SSSR count). The maximum absolute atomic E-state index is 12.5. The summed E-state index contributed by atoms with van der Waals surface area (Å²) in [4.78, 5) is 18.5. The lowest BCUT2D eigenvalue weighted by molar-refractivity contribution is 0.0761. The first-order valence-electron chi connectivity index (χ1n) is 7.22. The molecule has 1 saturated heterocycles. The summed E-state index contributed by atoms with van der Waals surface area (Å²) in [6, 6.07) is 7.74. The molecule has 0 atom stereocenters. The number of hydrogen-bond acceptors (Lipinski definition) is 2. The normalized spacial score (nSPS) is 15.9. The Morgan fingerprint density at radius 1 is 1.00 bits per heavy atom. The van der Waals surface area contributed by atoms with E-state index >= 15 is 0 Å². The van der Waals surface area contributed by atoms with Crippen molar-refractivity contribution in [2.24, 2.45) is 0 Å². The minimum Gasteiger partial charge on any atom is -0.339 e. The van der Waals surface area contributed by atoms with Gasteiger partial charge < -0.3 is 9.47 Å². The van der Waals surface area contributed by atoms with Crippen LogP contribution in [-0.2, 0) is 0 Å². The summed E-state index contributed by atoms with van der Waals surface area (Å²) in [5.41, 5.74) is 1.80. The van der Waals surface area contributed by atoms with E-state index in [0.717, 1.165) is 37.2 Å². The van der Waals surface area contributed by atoms with Crippen molar-refractivity contribution in [3.8, 4) is 5.69 Å². The fourth-order valence-electron chi connectivity index (χ4n) is 2.64. The van der Waals surface area contributed by atoms with Crippen LogP contribution in [-0.4, -0.2) is 33.4 Å². The Balaban J connectivity index is 1.75. The van der Waals surface area contributed by atoms with Crippen LogP contribution in [0.15, 0.2) is 43.0 Å². The van der Waals surface area contributed by atoms with Gasteiger partial charge in [-0.25, -0.2) is 4.98 Å². The highest BCUT2D eigenvalue weighted by atomic mass is 16.2. The first-order valence-corrected chi connectivity index (χ1v) is 7.22. The second kappa shape index (κ2) is 5.90. The molecule has 0 saturated carbocycles. The summed E-state index contributed by atoms with van der Waals surface area (Å²) in [6.45, 7) is 1.78. The SMILES string of the molecule is O=C(c1ccc(-n2ccnc2)cc1)N1CCCCCC1. The molecule has 0 N–H and O–H groups in total. The molecule has 0 spiro atoms. The van der Waals surface area contributed by atoms with E-state index in [-0.39, 0.29) is 5.91 Å². The minimum absolute atomic E-state index is 0.157. The summed E-state index contributed by atoms with van der Waals surface area (Å²) < 4.78 is 1.93. The second-order valence-electron chi connectivity index (χ2n) is 5.22. The van der Waals surface area contributed by atoms with E-state index in [4.69, 9.17) is 0 Å². The number of hydrogen-bond donors (Lipinski definition) is 0. The summed E-state index contributed by atoms with van der Waals surface area (Å²) in [7, 11) is 0. The van der Waals surface area contributed by atoms with Crippen LogP contribution in [0.25, 0.3) is 5.69 Å². The average molecular weight is 269 g/mol. The molecule has 104 valence electrons. The van der Waals surface area contributed by atoms with Gasteiger partial charge in [0.2, 0.25) is 0 Å². The highest BCUT2D eigenvalue weighted by molar-refractivity contribution is 5.94.